The van der Waals surface area contributed by atoms with Crippen LogP contribution in [0.25, 0.3) is 0 Å². The summed E-state index contributed by atoms with van der Waals surface area (Å²) in [4.78, 5) is 0.300. The van der Waals surface area contributed by atoms with E-state index in [9.17, 15) is 0 Å². The Bertz CT molecular complexity index is 112. The van der Waals surface area contributed by atoms with Crippen LogP contribution in [0.3, 0.4) is 0 Å². The molecule has 0 spiro atoms. The standard InChI is InChI=1S/C7H13NS/c1-3-4-7(2)8-5-6-9-7/h5-6,8H,3-4H2,1-2H3. The molecule has 1 atom stereocenters. The predicted molar refractivity (Wildman–Crippen MR) is 43.2 cm³/mol. The van der Waals surface area contributed by atoms with E-state index in [0.29, 0.717) is 4.87 Å². The summed E-state index contributed by atoms with van der Waals surface area (Å²) in [6.45, 7) is 4.45. The minimum absolute atomic E-state index is 0.300. The van der Waals surface area contributed by atoms with Gasteiger partial charge in [0.25, 0.3) is 0 Å². The van der Waals surface area contributed by atoms with E-state index in [1.54, 1.807) is 0 Å². The molecular weight excluding hydrogens is 130 g/mol. The van der Waals surface area contributed by atoms with E-state index in [1.807, 2.05) is 18.0 Å². The molecule has 0 amide bonds. The molecule has 52 valence electrons. The summed E-state index contributed by atoms with van der Waals surface area (Å²) in [6.07, 6.45) is 4.52. The van der Waals surface area contributed by atoms with Crippen molar-refractivity contribution in [1.29, 1.82) is 0 Å². The van der Waals surface area contributed by atoms with Crippen molar-refractivity contribution in [2.75, 3.05) is 0 Å². The van der Waals surface area contributed by atoms with Crippen LogP contribution in [-0.4, -0.2) is 4.87 Å². The zero-order chi connectivity index (χ0) is 6.74. The molecule has 0 aromatic carbocycles. The molecule has 2 heteroatoms. The van der Waals surface area contributed by atoms with Gasteiger partial charge in [-0.2, -0.15) is 0 Å². The van der Waals surface area contributed by atoms with Crippen molar-refractivity contribution in [2.24, 2.45) is 0 Å². The lowest BCUT2D eigenvalue weighted by Gasteiger charge is -2.22. The lowest BCUT2D eigenvalue weighted by atomic mass is 10.2. The minimum atomic E-state index is 0.300. The number of nitrogens with one attached hydrogen (secondary N) is 1. The number of thioether (sulfide) groups is 1. The first-order valence-electron chi connectivity index (χ1n) is 3.37. The monoisotopic (exact) mass is 143 g/mol. The molecule has 0 fully saturated rings. The summed E-state index contributed by atoms with van der Waals surface area (Å²) in [5, 5.41) is 5.44. The van der Waals surface area contributed by atoms with Crippen LogP contribution >= 0.6 is 11.8 Å². The Hall–Kier alpha value is -0.110. The van der Waals surface area contributed by atoms with Gasteiger partial charge in [-0.15, -0.1) is 11.8 Å². The molecule has 1 heterocycles. The summed E-state index contributed by atoms with van der Waals surface area (Å²) >= 11 is 1.88. The predicted octanol–water partition coefficient (Wildman–Crippen LogP) is 2.31. The minimum Gasteiger partial charge on any atom is -0.376 e. The molecule has 1 aliphatic heterocycles. The van der Waals surface area contributed by atoms with Crippen molar-refractivity contribution in [3.05, 3.63) is 11.6 Å². The van der Waals surface area contributed by atoms with Gasteiger partial charge in [0.05, 0.1) is 4.87 Å². The fourth-order valence-corrected chi connectivity index (χ4v) is 1.93. The zero-order valence-electron chi connectivity index (χ0n) is 5.98. The zero-order valence-corrected chi connectivity index (χ0v) is 6.79. The largest absolute Gasteiger partial charge is 0.376 e. The Balaban J connectivity index is 2.36. The molecule has 1 nitrogen and oxygen atoms in total. The van der Waals surface area contributed by atoms with Gasteiger partial charge in [0.2, 0.25) is 0 Å². The van der Waals surface area contributed by atoms with Crippen molar-refractivity contribution >= 4 is 11.8 Å². The SMILES string of the molecule is CCCC1(C)NC=CS1. The summed E-state index contributed by atoms with van der Waals surface area (Å²) in [6, 6.07) is 0. The van der Waals surface area contributed by atoms with Gasteiger partial charge < -0.3 is 5.32 Å². The average Bonchev–Trinajstić information content (AvgIpc) is 2.16. The second-order valence-corrected chi connectivity index (χ2v) is 3.95. The Labute approximate surface area is 60.9 Å². The maximum Gasteiger partial charge on any atom is 0.0841 e. The molecule has 0 aromatic rings. The molecule has 0 aromatic heterocycles. The normalized spacial score (nSPS) is 32.7. The van der Waals surface area contributed by atoms with Gasteiger partial charge in [-0.1, -0.05) is 13.3 Å². The third kappa shape index (κ3) is 1.65. The fourth-order valence-electron chi connectivity index (χ4n) is 1.04. The van der Waals surface area contributed by atoms with E-state index < -0.39 is 0 Å². The molecule has 0 aliphatic carbocycles. The molecule has 9 heavy (non-hydrogen) atoms. The lowest BCUT2D eigenvalue weighted by molar-refractivity contribution is 0.536. The van der Waals surface area contributed by atoms with Gasteiger partial charge in [-0.05, 0) is 18.8 Å². The highest BCUT2D eigenvalue weighted by molar-refractivity contribution is 8.03. The Morgan fingerprint density at radius 3 is 2.89 bits per heavy atom. The van der Waals surface area contributed by atoms with Crippen LogP contribution in [-0.2, 0) is 0 Å². The molecular formula is C7H13NS. The maximum absolute atomic E-state index is 3.32. The molecule has 0 bridgehead atoms. The van der Waals surface area contributed by atoms with Crippen LogP contribution in [0.15, 0.2) is 11.6 Å². The highest BCUT2D eigenvalue weighted by Crippen LogP contribution is 2.31. The van der Waals surface area contributed by atoms with E-state index in [-0.39, 0.29) is 0 Å². The Morgan fingerprint density at radius 1 is 1.67 bits per heavy atom. The third-order valence-corrected chi connectivity index (χ3v) is 2.63. The van der Waals surface area contributed by atoms with Gasteiger partial charge in [0.1, 0.15) is 0 Å². The Morgan fingerprint density at radius 2 is 2.44 bits per heavy atom. The molecule has 0 saturated carbocycles. The smallest absolute Gasteiger partial charge is 0.0841 e. The topological polar surface area (TPSA) is 12.0 Å². The first-order valence-corrected chi connectivity index (χ1v) is 4.25. The van der Waals surface area contributed by atoms with Gasteiger partial charge in [0.15, 0.2) is 0 Å². The van der Waals surface area contributed by atoms with Crippen molar-refractivity contribution in [1.82, 2.24) is 5.32 Å². The first kappa shape index (κ1) is 7.00. The van der Waals surface area contributed by atoms with E-state index >= 15 is 0 Å². The second-order valence-electron chi connectivity index (χ2n) is 2.55. The van der Waals surface area contributed by atoms with Gasteiger partial charge >= 0.3 is 0 Å². The first-order chi connectivity index (χ1) is 4.27. The molecule has 0 saturated heterocycles. The molecule has 1 unspecified atom stereocenters. The van der Waals surface area contributed by atoms with Crippen molar-refractivity contribution in [3.8, 4) is 0 Å². The van der Waals surface area contributed by atoms with E-state index in [0.717, 1.165) is 0 Å². The van der Waals surface area contributed by atoms with Gasteiger partial charge in [-0.3, -0.25) is 0 Å². The number of hydrogen-bond donors (Lipinski definition) is 1. The van der Waals surface area contributed by atoms with Crippen molar-refractivity contribution in [2.45, 2.75) is 31.6 Å². The van der Waals surface area contributed by atoms with E-state index in [4.69, 9.17) is 0 Å². The molecule has 1 aliphatic rings. The van der Waals surface area contributed by atoms with Crippen molar-refractivity contribution in [3.63, 3.8) is 0 Å². The highest BCUT2D eigenvalue weighted by Gasteiger charge is 2.23. The van der Waals surface area contributed by atoms with E-state index in [2.05, 4.69) is 24.6 Å². The number of rotatable bonds is 2. The summed E-state index contributed by atoms with van der Waals surface area (Å²) in [7, 11) is 0. The average molecular weight is 143 g/mol. The fraction of sp³-hybridized carbons (Fsp3) is 0.714. The second kappa shape index (κ2) is 2.65. The third-order valence-electron chi connectivity index (χ3n) is 1.51. The van der Waals surface area contributed by atoms with Crippen LogP contribution in [0.4, 0.5) is 0 Å². The summed E-state index contributed by atoms with van der Waals surface area (Å²) in [5.41, 5.74) is 0. The summed E-state index contributed by atoms with van der Waals surface area (Å²) in [5.74, 6) is 0. The number of hydrogen-bond acceptors (Lipinski definition) is 2. The van der Waals surface area contributed by atoms with Crippen molar-refractivity contribution < 1.29 is 0 Å². The van der Waals surface area contributed by atoms with Gasteiger partial charge in [-0.25, -0.2) is 0 Å². The molecule has 0 radical (unpaired) electrons. The lowest BCUT2D eigenvalue weighted by Crippen LogP contribution is -2.31. The van der Waals surface area contributed by atoms with Crippen LogP contribution in [0.2, 0.25) is 0 Å². The van der Waals surface area contributed by atoms with Gasteiger partial charge in [0, 0.05) is 6.20 Å². The maximum atomic E-state index is 3.32. The van der Waals surface area contributed by atoms with Crippen LogP contribution in [0.1, 0.15) is 26.7 Å². The van der Waals surface area contributed by atoms with Crippen LogP contribution in [0, 0.1) is 0 Å². The molecule has 1 N–H and O–H groups in total. The molecule has 1 rings (SSSR count). The Kier molecular flexibility index (Phi) is 2.06. The van der Waals surface area contributed by atoms with E-state index in [1.165, 1.54) is 12.8 Å². The summed E-state index contributed by atoms with van der Waals surface area (Å²) < 4.78 is 0. The highest BCUT2D eigenvalue weighted by atomic mass is 32.2. The quantitative estimate of drug-likeness (QED) is 0.636. The van der Waals surface area contributed by atoms with Crippen LogP contribution < -0.4 is 5.32 Å². The van der Waals surface area contributed by atoms with Crippen LogP contribution in [0.5, 0.6) is 0 Å².